The van der Waals surface area contributed by atoms with Gasteiger partial charge in [-0.3, -0.25) is 4.79 Å². The topological polar surface area (TPSA) is 95.5 Å². The van der Waals surface area contributed by atoms with Crippen LogP contribution in [0.3, 0.4) is 0 Å². The molecule has 1 aromatic carbocycles. The Bertz CT molecular complexity index is 833. The molecule has 0 aliphatic carbocycles. The van der Waals surface area contributed by atoms with Crippen molar-refractivity contribution >= 4 is 38.5 Å². The Labute approximate surface area is 128 Å². The molecule has 0 spiro atoms. The summed E-state index contributed by atoms with van der Waals surface area (Å²) in [5.41, 5.74) is 2.68. The fraction of sp³-hybridized carbons (Fsp3) is 0.143. The number of nitrogens with one attached hydrogen (secondary N) is 1. The first-order valence-electron chi connectivity index (χ1n) is 5.95. The molecule has 1 aromatic heterocycles. The molecular weight excluding hydrogens is 338 g/mol. The van der Waals surface area contributed by atoms with Crippen molar-refractivity contribution in [2.24, 2.45) is 5.10 Å². The van der Waals surface area contributed by atoms with Crippen molar-refractivity contribution in [2.45, 2.75) is 13.3 Å². The number of carbonyl (C=O) groups excluding carboxylic acids is 1. The molecular formula is C14H10BrN3O3. The molecule has 2 aromatic rings. The predicted octanol–water partition coefficient (Wildman–Crippen LogP) is 2.31. The minimum Gasteiger partial charge on any atom is -0.422 e. The number of nitriles is 1. The van der Waals surface area contributed by atoms with Crippen LogP contribution in [0.15, 0.2) is 43.1 Å². The van der Waals surface area contributed by atoms with Crippen LogP contribution in [-0.2, 0) is 4.79 Å². The number of fused-ring (bicyclic) bond motifs is 1. The lowest BCUT2D eigenvalue weighted by Gasteiger charge is -2.03. The Morgan fingerprint density at radius 1 is 1.48 bits per heavy atom. The van der Waals surface area contributed by atoms with Crippen molar-refractivity contribution in [1.82, 2.24) is 5.43 Å². The predicted molar refractivity (Wildman–Crippen MR) is 80.8 cm³/mol. The Morgan fingerprint density at radius 3 is 2.95 bits per heavy atom. The molecule has 0 saturated carbocycles. The van der Waals surface area contributed by atoms with E-state index in [2.05, 4.69) is 26.5 Å². The standard InChI is InChI=1S/C14H10BrN3O3/c1-8(17-18-13(19)4-5-16)11-7-9-6-10(15)2-3-12(9)21-14(11)20/h2-3,6-7H,4H2,1H3,(H,18,19). The van der Waals surface area contributed by atoms with Gasteiger partial charge in [-0.15, -0.1) is 0 Å². The minimum absolute atomic E-state index is 0.248. The van der Waals surface area contributed by atoms with Gasteiger partial charge in [-0.1, -0.05) is 15.9 Å². The maximum absolute atomic E-state index is 11.9. The lowest BCUT2D eigenvalue weighted by molar-refractivity contribution is -0.120. The molecule has 21 heavy (non-hydrogen) atoms. The maximum Gasteiger partial charge on any atom is 0.345 e. The summed E-state index contributed by atoms with van der Waals surface area (Å²) < 4.78 is 6.05. The molecule has 0 unspecified atom stereocenters. The number of amides is 1. The molecule has 0 atom stereocenters. The summed E-state index contributed by atoms with van der Waals surface area (Å²) in [6, 6.07) is 8.61. The highest BCUT2D eigenvalue weighted by molar-refractivity contribution is 9.10. The zero-order chi connectivity index (χ0) is 15.4. The van der Waals surface area contributed by atoms with Gasteiger partial charge in [-0.25, -0.2) is 10.2 Å². The number of rotatable bonds is 3. The highest BCUT2D eigenvalue weighted by atomic mass is 79.9. The maximum atomic E-state index is 11.9. The minimum atomic E-state index is -0.541. The Morgan fingerprint density at radius 2 is 2.24 bits per heavy atom. The molecule has 0 fully saturated rings. The van der Waals surface area contributed by atoms with Crippen LogP contribution < -0.4 is 11.1 Å². The number of nitrogens with zero attached hydrogens (tertiary/aromatic N) is 2. The molecule has 6 nitrogen and oxygen atoms in total. The van der Waals surface area contributed by atoms with Gasteiger partial charge in [-0.05, 0) is 31.2 Å². The van der Waals surface area contributed by atoms with E-state index in [-0.39, 0.29) is 12.0 Å². The summed E-state index contributed by atoms with van der Waals surface area (Å²) >= 11 is 3.34. The van der Waals surface area contributed by atoms with Crippen molar-refractivity contribution < 1.29 is 9.21 Å². The van der Waals surface area contributed by atoms with Crippen LogP contribution in [0.4, 0.5) is 0 Å². The molecule has 1 heterocycles. The van der Waals surface area contributed by atoms with Gasteiger partial charge in [0, 0.05) is 9.86 Å². The average molecular weight is 348 g/mol. The van der Waals surface area contributed by atoms with E-state index >= 15 is 0 Å². The van der Waals surface area contributed by atoms with Crippen LogP contribution >= 0.6 is 15.9 Å². The zero-order valence-electron chi connectivity index (χ0n) is 11.0. The summed E-state index contributed by atoms with van der Waals surface area (Å²) in [5, 5.41) is 12.9. The summed E-state index contributed by atoms with van der Waals surface area (Å²) in [6.07, 6.45) is -0.296. The third kappa shape index (κ3) is 3.55. The van der Waals surface area contributed by atoms with Gasteiger partial charge in [0.2, 0.25) is 0 Å². The quantitative estimate of drug-likeness (QED) is 0.523. The van der Waals surface area contributed by atoms with Crippen LogP contribution in [0, 0.1) is 11.3 Å². The first-order chi connectivity index (χ1) is 10.0. The SMILES string of the molecule is CC(=NNC(=O)CC#N)c1cc2cc(Br)ccc2oc1=O. The van der Waals surface area contributed by atoms with E-state index in [0.717, 1.165) is 9.86 Å². The smallest absolute Gasteiger partial charge is 0.345 e. The highest BCUT2D eigenvalue weighted by Crippen LogP contribution is 2.19. The second-order valence-electron chi connectivity index (χ2n) is 4.20. The van der Waals surface area contributed by atoms with E-state index in [9.17, 15) is 9.59 Å². The van der Waals surface area contributed by atoms with Crippen molar-refractivity contribution in [3.05, 3.63) is 44.7 Å². The van der Waals surface area contributed by atoms with Gasteiger partial charge in [0.15, 0.2) is 0 Å². The summed E-state index contributed by atoms with van der Waals surface area (Å²) in [6.45, 7) is 1.57. The average Bonchev–Trinajstić information content (AvgIpc) is 2.45. The number of hydrogen-bond acceptors (Lipinski definition) is 5. The number of carbonyl (C=O) groups is 1. The zero-order valence-corrected chi connectivity index (χ0v) is 12.6. The molecule has 0 bridgehead atoms. The van der Waals surface area contributed by atoms with Gasteiger partial charge in [0.05, 0.1) is 17.3 Å². The molecule has 0 radical (unpaired) electrons. The normalized spacial score (nSPS) is 11.2. The van der Waals surface area contributed by atoms with E-state index in [1.165, 1.54) is 0 Å². The fourth-order valence-electron chi connectivity index (χ4n) is 1.66. The number of hydrazone groups is 1. The largest absolute Gasteiger partial charge is 0.422 e. The van der Waals surface area contributed by atoms with Crippen LogP contribution in [0.5, 0.6) is 0 Å². The van der Waals surface area contributed by atoms with Crippen LogP contribution in [-0.4, -0.2) is 11.6 Å². The lowest BCUT2D eigenvalue weighted by atomic mass is 10.1. The molecule has 2 rings (SSSR count). The third-order valence-electron chi connectivity index (χ3n) is 2.67. The highest BCUT2D eigenvalue weighted by Gasteiger charge is 2.09. The van der Waals surface area contributed by atoms with E-state index in [0.29, 0.717) is 11.3 Å². The Balaban J connectivity index is 2.39. The first kappa shape index (κ1) is 14.9. The van der Waals surface area contributed by atoms with E-state index in [1.54, 1.807) is 31.2 Å². The number of hydrogen-bond donors (Lipinski definition) is 1. The second kappa shape index (κ2) is 6.33. The second-order valence-corrected chi connectivity index (χ2v) is 5.11. The van der Waals surface area contributed by atoms with Gasteiger partial charge in [0.25, 0.3) is 5.91 Å². The Kier molecular flexibility index (Phi) is 4.50. The Hall–Kier alpha value is -2.46. The molecule has 106 valence electrons. The van der Waals surface area contributed by atoms with Gasteiger partial charge < -0.3 is 4.42 Å². The van der Waals surface area contributed by atoms with E-state index in [4.69, 9.17) is 9.68 Å². The monoisotopic (exact) mass is 347 g/mol. The summed E-state index contributed by atoms with van der Waals surface area (Å²) in [4.78, 5) is 23.1. The summed E-state index contributed by atoms with van der Waals surface area (Å²) in [5.74, 6) is -0.537. The van der Waals surface area contributed by atoms with Crippen molar-refractivity contribution in [3.63, 3.8) is 0 Å². The molecule has 0 saturated heterocycles. The molecule has 0 aliphatic heterocycles. The molecule has 1 amide bonds. The third-order valence-corrected chi connectivity index (χ3v) is 3.17. The number of halogens is 1. The number of benzene rings is 1. The van der Waals surface area contributed by atoms with Crippen LogP contribution in [0.2, 0.25) is 0 Å². The summed E-state index contributed by atoms with van der Waals surface area (Å²) in [7, 11) is 0. The lowest BCUT2D eigenvalue weighted by Crippen LogP contribution is -2.20. The van der Waals surface area contributed by atoms with E-state index in [1.807, 2.05) is 6.07 Å². The molecule has 1 N–H and O–H groups in total. The molecule has 0 aliphatic rings. The van der Waals surface area contributed by atoms with Gasteiger partial charge in [0.1, 0.15) is 12.0 Å². The van der Waals surface area contributed by atoms with Crippen molar-refractivity contribution in [2.75, 3.05) is 0 Å². The van der Waals surface area contributed by atoms with Crippen LogP contribution in [0.25, 0.3) is 11.0 Å². The molecule has 7 heteroatoms. The van der Waals surface area contributed by atoms with Gasteiger partial charge >= 0.3 is 5.63 Å². The van der Waals surface area contributed by atoms with E-state index < -0.39 is 11.5 Å². The fourth-order valence-corrected chi connectivity index (χ4v) is 2.04. The van der Waals surface area contributed by atoms with Crippen LogP contribution in [0.1, 0.15) is 18.9 Å². The first-order valence-corrected chi connectivity index (χ1v) is 6.74. The van der Waals surface area contributed by atoms with Gasteiger partial charge in [-0.2, -0.15) is 10.4 Å². The van der Waals surface area contributed by atoms with Crippen molar-refractivity contribution in [1.29, 1.82) is 5.26 Å². The van der Waals surface area contributed by atoms with Crippen molar-refractivity contribution in [3.8, 4) is 6.07 Å².